The van der Waals surface area contributed by atoms with Crippen molar-refractivity contribution in [3.05, 3.63) is 34.3 Å². The first-order chi connectivity index (χ1) is 29.0. The number of hydrogen-bond donors (Lipinski definition) is 3. The monoisotopic (exact) mass is 874 g/mol. The minimum Gasteiger partial charge on any atom is -0.550 e. The third-order valence-corrected chi connectivity index (χ3v) is 15.5. The van der Waals surface area contributed by atoms with Crippen molar-refractivity contribution in [2.24, 2.45) is 71.8 Å². The lowest BCUT2D eigenvalue weighted by Crippen LogP contribution is -2.97. The normalized spacial score (nSPS) is 36.3. The largest absolute Gasteiger partial charge is 0.550 e. The maximum absolute atomic E-state index is 13.3. The van der Waals surface area contributed by atoms with E-state index < -0.39 is 124 Å². The molecule has 0 unspecified atom stereocenters. The number of carbonyl (C=O) groups excluding carboxylic acids is 7. The van der Waals surface area contributed by atoms with Crippen LogP contribution >= 0.6 is 0 Å². The molecule has 5 heterocycles. The van der Waals surface area contributed by atoms with Gasteiger partial charge in [-0.3, -0.25) is 24.6 Å². The van der Waals surface area contributed by atoms with Crippen LogP contribution in [-0.2, 0) is 33.6 Å². The fourth-order valence-corrected chi connectivity index (χ4v) is 12.0. The number of amides is 2. The molecule has 18 nitrogen and oxygen atoms in total. The van der Waals surface area contributed by atoms with Gasteiger partial charge in [0.2, 0.25) is 11.8 Å². The minimum absolute atomic E-state index is 0.0304. The molecule has 5 aliphatic rings. The predicted molar refractivity (Wildman–Crippen MR) is 216 cm³/mol. The number of primary amides is 2. The number of allylic oxidation sites excluding steroid dienone is 6. The van der Waals surface area contributed by atoms with Gasteiger partial charge in [-0.15, -0.1) is 0 Å². The van der Waals surface area contributed by atoms with Gasteiger partial charge in [0.15, 0.2) is 0 Å². The average Bonchev–Trinajstić information content (AvgIpc) is 3.75. The highest BCUT2D eigenvalue weighted by Gasteiger charge is 2.69. The Labute approximate surface area is 366 Å². The van der Waals surface area contributed by atoms with Gasteiger partial charge in [-0.2, -0.15) is 0 Å². The van der Waals surface area contributed by atoms with E-state index in [1.165, 1.54) is 0 Å². The summed E-state index contributed by atoms with van der Waals surface area (Å²) in [6.45, 7) is 14.1. The Kier molecular flexibility index (Phi) is 13.3. The van der Waals surface area contributed by atoms with Gasteiger partial charge in [0.25, 0.3) is 0 Å². The SMILES string of the molecule is C/C1=C2N=C(/C=C3N=C(/C(C)=C4\[NH2+][C@@](C)([C@@H]5N=C1[C@](C)(CCC(=O)[O-])[C@H]5CC(=O)[O-])[C@@](C)(CC(N)=O)[C@@H]4CCC(=O)[O-])[C@@](C)(CC(N)=O)[C@@H]\3CCC(=O)[O-])C(C)(C)[C@@H]/2CCC(=O)[O-]. The summed E-state index contributed by atoms with van der Waals surface area (Å²) in [6.07, 6.45) is -1.60. The topological polar surface area (TPSA) is 341 Å². The fourth-order valence-electron chi connectivity index (χ4n) is 12.0. The number of fused-ring (bicyclic) bond motifs is 6. The van der Waals surface area contributed by atoms with Crippen molar-refractivity contribution in [3.63, 3.8) is 0 Å². The van der Waals surface area contributed by atoms with Crippen molar-refractivity contribution in [2.75, 3.05) is 0 Å². The Morgan fingerprint density at radius 1 is 0.651 bits per heavy atom. The maximum Gasteiger partial charge on any atom is 0.218 e. The lowest BCUT2D eigenvalue weighted by Gasteiger charge is -2.46. The van der Waals surface area contributed by atoms with E-state index in [2.05, 4.69) is 0 Å². The summed E-state index contributed by atoms with van der Waals surface area (Å²) in [6, 6.07) is -1.07. The number of aliphatic imine (C=N–C) groups is 3. The molecule has 0 radical (unpaired) electrons. The first kappa shape index (κ1) is 48.5. The van der Waals surface area contributed by atoms with E-state index in [1.54, 1.807) is 47.6 Å². The molecular weight excluding hydrogens is 817 g/mol. The molecule has 63 heavy (non-hydrogen) atoms. The van der Waals surface area contributed by atoms with E-state index in [1.807, 2.05) is 19.2 Å². The molecule has 0 aromatic heterocycles. The minimum atomic E-state index is -1.46. The molecule has 9 atom stereocenters. The number of carbonyl (C=O) groups is 7. The second-order valence-corrected chi connectivity index (χ2v) is 19.7. The molecule has 1 saturated heterocycles. The van der Waals surface area contributed by atoms with Gasteiger partial charge in [0, 0.05) is 116 Å². The molecule has 18 heteroatoms. The number of carboxylic acid groups (broad SMARTS) is 5. The van der Waals surface area contributed by atoms with Crippen LogP contribution in [0, 0.1) is 45.3 Å². The molecule has 344 valence electrons. The quantitative estimate of drug-likeness (QED) is 0.124. The second-order valence-electron chi connectivity index (χ2n) is 19.7. The van der Waals surface area contributed by atoms with Crippen LogP contribution in [-0.4, -0.2) is 70.4 Å². The molecule has 8 bridgehead atoms. The van der Waals surface area contributed by atoms with E-state index >= 15 is 0 Å². The van der Waals surface area contributed by atoms with Gasteiger partial charge < -0.3 is 66.3 Å². The zero-order valence-corrected chi connectivity index (χ0v) is 37.2. The van der Waals surface area contributed by atoms with Crippen molar-refractivity contribution in [1.29, 1.82) is 0 Å². The predicted octanol–water partition coefficient (Wildman–Crippen LogP) is -2.98. The zero-order chi connectivity index (χ0) is 47.4. The highest BCUT2D eigenvalue weighted by molar-refractivity contribution is 6.11. The first-order valence-electron chi connectivity index (χ1n) is 21.4. The summed E-state index contributed by atoms with van der Waals surface area (Å²) in [7, 11) is 0. The summed E-state index contributed by atoms with van der Waals surface area (Å²) in [5.74, 6) is -11.6. The molecule has 0 aliphatic carbocycles. The van der Waals surface area contributed by atoms with Crippen LogP contribution < -0.4 is 42.3 Å². The van der Waals surface area contributed by atoms with Crippen molar-refractivity contribution in [2.45, 2.75) is 138 Å². The molecule has 0 spiro atoms. The number of carboxylic acids is 5. The van der Waals surface area contributed by atoms with Gasteiger partial charge in [0.1, 0.15) is 17.3 Å². The molecule has 5 rings (SSSR count). The Morgan fingerprint density at radius 2 is 1.17 bits per heavy atom. The van der Waals surface area contributed by atoms with E-state index in [0.29, 0.717) is 45.4 Å². The number of aliphatic carboxylic acids is 5. The van der Waals surface area contributed by atoms with Gasteiger partial charge in [-0.1, -0.05) is 34.6 Å². The maximum atomic E-state index is 13.3. The van der Waals surface area contributed by atoms with E-state index in [-0.39, 0.29) is 44.9 Å². The summed E-state index contributed by atoms with van der Waals surface area (Å²) < 4.78 is 0. The third-order valence-electron chi connectivity index (χ3n) is 15.5. The van der Waals surface area contributed by atoms with Crippen LogP contribution in [0.3, 0.4) is 0 Å². The standard InChI is InChI=1S/C45H62N6O12/c1-21-36-24(10-13-32(56)57)41(3,4)28(49-36)18-27-23(9-12-31(54)55)43(6,19-29(46)52)39(48-27)22(2)37-25(11-14-33(58)59)44(7,20-30(47)53)45(8,51-37)40-26(17-35(62)63)42(5,38(21)50-40)16-15-34(60)61/h18,23-26,40,51H,9-17,19-20H2,1-8H3,(H2,46,52)(H2,47,53)(H,54,55)(H,56,57)(H,58,59)(H,60,61)(H,62,63)/p-4/b27-18-,36-21-,37-22-/t23-,24-,25-,26+,40-,42-,43+,44+,45+/m1/s1. The van der Waals surface area contributed by atoms with Crippen LogP contribution in [0.5, 0.6) is 0 Å². The lowest BCUT2D eigenvalue weighted by atomic mass is 9.56. The van der Waals surface area contributed by atoms with Crippen molar-refractivity contribution >= 4 is 58.8 Å². The Morgan fingerprint density at radius 3 is 1.68 bits per heavy atom. The Bertz CT molecular complexity index is 2220. The summed E-state index contributed by atoms with van der Waals surface area (Å²) in [4.78, 5) is 103. The Hall–Kier alpha value is -5.52. The number of rotatable bonds is 18. The van der Waals surface area contributed by atoms with Crippen LogP contribution in [0.4, 0.5) is 0 Å². The molecular formula is C45H58N6O12-4. The summed E-state index contributed by atoms with van der Waals surface area (Å²) in [5.41, 5.74) is 8.93. The zero-order valence-electron chi connectivity index (χ0n) is 37.2. The molecule has 0 aromatic carbocycles. The van der Waals surface area contributed by atoms with Crippen LogP contribution in [0.1, 0.15) is 126 Å². The molecule has 1 fully saturated rings. The van der Waals surface area contributed by atoms with Crippen molar-refractivity contribution < 1.29 is 64.4 Å². The highest BCUT2D eigenvalue weighted by Crippen LogP contribution is 2.59. The number of nitrogens with zero attached hydrogens (tertiary/aromatic N) is 3. The van der Waals surface area contributed by atoms with Crippen molar-refractivity contribution in [3.8, 4) is 0 Å². The summed E-state index contributed by atoms with van der Waals surface area (Å²) >= 11 is 0. The molecule has 0 aromatic rings. The Balaban J connectivity index is 2.02. The number of nitrogens with two attached hydrogens (primary N) is 3. The molecule has 5 aliphatic heterocycles. The van der Waals surface area contributed by atoms with E-state index in [9.17, 15) is 59.1 Å². The van der Waals surface area contributed by atoms with Gasteiger partial charge in [-0.05, 0) is 90.2 Å². The van der Waals surface area contributed by atoms with Gasteiger partial charge in [0.05, 0.1) is 5.71 Å². The van der Waals surface area contributed by atoms with Gasteiger partial charge in [-0.25, -0.2) is 0 Å². The van der Waals surface area contributed by atoms with Crippen molar-refractivity contribution in [1.82, 2.24) is 0 Å². The fraction of sp³-hybridized carbons (Fsp3) is 0.644. The van der Waals surface area contributed by atoms with Crippen LogP contribution in [0.15, 0.2) is 49.3 Å². The average molecular weight is 875 g/mol. The van der Waals surface area contributed by atoms with Gasteiger partial charge >= 0.3 is 0 Å². The molecule has 2 amide bonds. The number of hydrogen-bond acceptors (Lipinski definition) is 15. The van der Waals surface area contributed by atoms with Crippen LogP contribution in [0.2, 0.25) is 0 Å². The third kappa shape index (κ3) is 8.62. The highest BCUT2D eigenvalue weighted by atomic mass is 16.4. The summed E-state index contributed by atoms with van der Waals surface area (Å²) in [5, 5.41) is 63.2. The van der Waals surface area contributed by atoms with Crippen LogP contribution in [0.25, 0.3) is 0 Å². The lowest BCUT2D eigenvalue weighted by molar-refractivity contribution is -0.680. The van der Waals surface area contributed by atoms with E-state index in [4.69, 9.17) is 26.4 Å². The first-order valence-corrected chi connectivity index (χ1v) is 21.4. The smallest absolute Gasteiger partial charge is 0.218 e. The van der Waals surface area contributed by atoms with E-state index in [0.717, 1.165) is 0 Å². The molecule has 0 saturated carbocycles. The molecule has 6 N–H and O–H groups in total. The number of quaternary nitrogens is 1. The second kappa shape index (κ2) is 17.2.